The molecule has 2 rings (SSSR count). The van der Waals surface area contributed by atoms with Crippen LogP contribution in [0.25, 0.3) is 0 Å². The van der Waals surface area contributed by atoms with Crippen molar-refractivity contribution in [1.29, 1.82) is 0 Å². The summed E-state index contributed by atoms with van der Waals surface area (Å²) in [6.45, 7) is 4.48. The van der Waals surface area contributed by atoms with Crippen molar-refractivity contribution in [3.63, 3.8) is 0 Å². The highest BCUT2D eigenvalue weighted by molar-refractivity contribution is 5.71. The van der Waals surface area contributed by atoms with Crippen LogP contribution in [0.1, 0.15) is 290 Å². The Morgan fingerprint density at radius 2 is 0.750 bits per heavy atom. The van der Waals surface area contributed by atoms with E-state index in [1.165, 1.54) is 116 Å². The molecule has 0 saturated carbocycles. The molecule has 14 heteroatoms. The average molecular weight is 1140 g/mol. The fourth-order valence-corrected chi connectivity index (χ4v) is 10.6. The summed E-state index contributed by atoms with van der Waals surface area (Å²) in [5.41, 5.74) is 0. The largest absolute Gasteiger partial charge is 0.460 e. The van der Waals surface area contributed by atoms with Crippen molar-refractivity contribution in [3.8, 4) is 0 Å². The molecule has 0 radical (unpaired) electrons. The Labute approximate surface area is 486 Å². The van der Waals surface area contributed by atoms with E-state index in [0.717, 1.165) is 116 Å². The van der Waals surface area contributed by atoms with E-state index >= 15 is 0 Å². The van der Waals surface area contributed by atoms with Crippen LogP contribution in [0.5, 0.6) is 0 Å². The Hall–Kier alpha value is -2.69. The van der Waals surface area contributed by atoms with Gasteiger partial charge < -0.3 is 54.0 Å². The van der Waals surface area contributed by atoms with E-state index in [0.29, 0.717) is 19.3 Å². The highest BCUT2D eigenvalue weighted by Gasteiger charge is 2.63. The van der Waals surface area contributed by atoms with E-state index in [4.69, 9.17) is 28.4 Å². The number of carbonyl (C=O) groups excluding carboxylic acids is 3. The number of ether oxygens (including phenoxy) is 6. The predicted octanol–water partition coefficient (Wildman–Crippen LogP) is 14.4. The third kappa shape index (κ3) is 34.2. The number of carbonyl (C=O) groups is 3. The second kappa shape index (κ2) is 49.7. The summed E-state index contributed by atoms with van der Waals surface area (Å²) in [5.74, 6) is -4.23. The Bertz CT molecular complexity index is 1590. The highest BCUT2D eigenvalue weighted by atomic mass is 16.8. The van der Waals surface area contributed by atoms with Crippen LogP contribution in [0.15, 0.2) is 36.5 Å². The van der Waals surface area contributed by atoms with Gasteiger partial charge in [-0.3, -0.25) is 14.4 Å². The lowest BCUT2D eigenvalue weighted by atomic mass is 9.98. The van der Waals surface area contributed by atoms with Crippen molar-refractivity contribution in [3.05, 3.63) is 36.5 Å². The summed E-state index contributed by atoms with van der Waals surface area (Å²) in [6, 6.07) is 0. The van der Waals surface area contributed by atoms with Gasteiger partial charge in [0.25, 0.3) is 0 Å². The van der Waals surface area contributed by atoms with E-state index in [2.05, 4.69) is 57.2 Å². The van der Waals surface area contributed by atoms with Gasteiger partial charge in [0.1, 0.15) is 37.1 Å². The van der Waals surface area contributed by atoms with E-state index in [1.807, 2.05) is 0 Å². The van der Waals surface area contributed by atoms with Gasteiger partial charge >= 0.3 is 17.9 Å². The Morgan fingerprint density at radius 1 is 0.412 bits per heavy atom. The summed E-state index contributed by atoms with van der Waals surface area (Å²) in [5, 5.41) is 53.4. The molecule has 0 aliphatic carbocycles. The fourth-order valence-electron chi connectivity index (χ4n) is 10.6. The second-order valence-corrected chi connectivity index (χ2v) is 23.0. The molecule has 5 N–H and O–H groups in total. The maximum Gasteiger partial charge on any atom is 0.306 e. The van der Waals surface area contributed by atoms with Gasteiger partial charge in [-0.2, -0.15) is 0 Å². The lowest BCUT2D eigenvalue weighted by Crippen LogP contribution is -2.63. The van der Waals surface area contributed by atoms with Crippen molar-refractivity contribution >= 4 is 17.9 Å². The minimum Gasteiger partial charge on any atom is -0.460 e. The number of esters is 3. The standard InChI is InChI=1S/C66H118O14/c1-4-7-10-13-16-19-22-25-28-31-34-37-40-43-46-49-57(69)75-54-66(80-65-62(74)61(73)60(72)55(52-67)76-65)64(78-59(71)51-48-45-42-39-36-33-30-27-24-21-18-15-12-9-6-3)63(56(53-68)79-66)77-58(70)50-47-44-41-38-35-32-29-26-23-20-17-14-11-8-5-2/h25-30,55-56,60-65,67-68,72-74H,4-24,31-54H2,1-3H3/b28-25-,29-26-,30-27-/t55-,56-,60-,61+,62-,63-,64+,65-,66+/m1/s1. The van der Waals surface area contributed by atoms with Crippen LogP contribution < -0.4 is 0 Å². The first-order valence-corrected chi connectivity index (χ1v) is 32.8. The molecular weight excluding hydrogens is 1020 g/mol. The number of unbranched alkanes of at least 4 members (excludes halogenated alkanes) is 33. The lowest BCUT2D eigenvalue weighted by Gasteiger charge is -2.43. The van der Waals surface area contributed by atoms with Gasteiger partial charge in [-0.1, -0.05) is 211 Å². The molecule has 0 aromatic rings. The van der Waals surface area contributed by atoms with Crippen LogP contribution in [0, 0.1) is 0 Å². The van der Waals surface area contributed by atoms with Crippen molar-refractivity contribution in [1.82, 2.24) is 0 Å². The summed E-state index contributed by atoms with van der Waals surface area (Å²) < 4.78 is 36.4. The molecule has 2 aliphatic heterocycles. The molecular formula is C66H118O14. The van der Waals surface area contributed by atoms with Crippen molar-refractivity contribution in [2.45, 2.75) is 345 Å². The first kappa shape index (κ1) is 73.4. The summed E-state index contributed by atoms with van der Waals surface area (Å²) in [4.78, 5) is 41.0. The van der Waals surface area contributed by atoms with Crippen LogP contribution in [-0.4, -0.2) is 118 Å². The molecule has 9 atom stereocenters. The molecule has 0 aromatic heterocycles. The summed E-state index contributed by atoms with van der Waals surface area (Å²) in [7, 11) is 0. The number of aliphatic hydroxyl groups is 5. The predicted molar refractivity (Wildman–Crippen MR) is 319 cm³/mol. The van der Waals surface area contributed by atoms with Gasteiger partial charge in [-0.15, -0.1) is 0 Å². The Kier molecular flexibility index (Phi) is 45.6. The second-order valence-electron chi connectivity index (χ2n) is 23.0. The molecule has 466 valence electrons. The minimum absolute atomic E-state index is 0.000567. The van der Waals surface area contributed by atoms with E-state index in [-0.39, 0.29) is 19.3 Å². The SMILES string of the molecule is CCCCCCCC/C=C\CCCCCCCC(=O)OC[C@@]1(O[C@H]2O[C@H](CO)[C@@H](O)[C@H](O)[C@H]2O)O[C@H](CO)[C@@H](OC(=O)CCCCCCC/C=C\CCCCCCCC)[C@@H]1OC(=O)CCCCCCC/C=C\CCCCCCCC. The Balaban J connectivity index is 2.12. The molecule has 0 spiro atoms. The van der Waals surface area contributed by atoms with E-state index in [9.17, 15) is 39.9 Å². The van der Waals surface area contributed by atoms with Crippen molar-refractivity contribution in [2.24, 2.45) is 0 Å². The fraction of sp³-hybridized carbons (Fsp3) is 0.864. The molecule has 80 heavy (non-hydrogen) atoms. The van der Waals surface area contributed by atoms with Crippen LogP contribution in [-0.2, 0) is 42.8 Å². The average Bonchev–Trinajstić information content (AvgIpc) is 3.99. The zero-order chi connectivity index (χ0) is 58.2. The number of aliphatic hydroxyl groups excluding tert-OH is 5. The molecule has 2 aliphatic rings. The van der Waals surface area contributed by atoms with Crippen molar-refractivity contribution < 1.29 is 68.3 Å². The lowest BCUT2D eigenvalue weighted by molar-refractivity contribution is -0.384. The van der Waals surface area contributed by atoms with E-state index in [1.54, 1.807) is 0 Å². The first-order chi connectivity index (χ1) is 39.1. The maximum absolute atomic E-state index is 13.9. The first-order valence-electron chi connectivity index (χ1n) is 32.8. The maximum atomic E-state index is 13.9. The van der Waals surface area contributed by atoms with Gasteiger partial charge in [-0.05, 0) is 96.3 Å². The number of hydrogen-bond acceptors (Lipinski definition) is 14. The summed E-state index contributed by atoms with van der Waals surface area (Å²) in [6.07, 6.45) is 43.4. The Morgan fingerprint density at radius 3 is 1.12 bits per heavy atom. The number of allylic oxidation sites excluding steroid dienone is 6. The zero-order valence-electron chi connectivity index (χ0n) is 50.8. The molecule has 2 saturated heterocycles. The zero-order valence-corrected chi connectivity index (χ0v) is 50.8. The van der Waals surface area contributed by atoms with Gasteiger partial charge in [0, 0.05) is 19.3 Å². The quantitative estimate of drug-likeness (QED) is 0.0166. The molecule has 0 bridgehead atoms. The topological polar surface area (TPSA) is 208 Å². The third-order valence-electron chi connectivity index (χ3n) is 15.7. The molecule has 14 nitrogen and oxygen atoms in total. The smallest absolute Gasteiger partial charge is 0.306 e. The highest BCUT2D eigenvalue weighted by Crippen LogP contribution is 2.40. The summed E-state index contributed by atoms with van der Waals surface area (Å²) >= 11 is 0. The third-order valence-corrected chi connectivity index (χ3v) is 15.7. The van der Waals surface area contributed by atoms with Crippen molar-refractivity contribution in [2.75, 3.05) is 19.8 Å². The minimum atomic E-state index is -2.34. The van der Waals surface area contributed by atoms with Crippen LogP contribution in [0.2, 0.25) is 0 Å². The van der Waals surface area contributed by atoms with Gasteiger partial charge in [0.05, 0.1) is 13.2 Å². The van der Waals surface area contributed by atoms with Gasteiger partial charge in [0.2, 0.25) is 5.79 Å². The van der Waals surface area contributed by atoms with Crippen LogP contribution in [0.3, 0.4) is 0 Å². The van der Waals surface area contributed by atoms with Gasteiger partial charge in [0.15, 0.2) is 18.5 Å². The molecule has 0 unspecified atom stereocenters. The van der Waals surface area contributed by atoms with Crippen LogP contribution >= 0.6 is 0 Å². The molecule has 0 aromatic carbocycles. The monoisotopic (exact) mass is 1130 g/mol. The molecule has 2 fully saturated rings. The van der Waals surface area contributed by atoms with E-state index < -0.39 is 92.5 Å². The van der Waals surface area contributed by atoms with Crippen LogP contribution in [0.4, 0.5) is 0 Å². The molecule has 0 amide bonds. The number of rotatable bonds is 53. The normalized spacial score (nSPS) is 23.2. The molecule has 2 heterocycles. The number of hydrogen-bond donors (Lipinski definition) is 5. The van der Waals surface area contributed by atoms with Gasteiger partial charge in [-0.25, -0.2) is 0 Å².